The monoisotopic (exact) mass is 464 g/mol. The van der Waals surface area contributed by atoms with Crippen LogP contribution in [0.5, 0.6) is 11.5 Å². The molecule has 1 saturated heterocycles. The summed E-state index contributed by atoms with van der Waals surface area (Å²) < 4.78 is 15.8. The summed E-state index contributed by atoms with van der Waals surface area (Å²) in [4.78, 5) is 6.77. The van der Waals surface area contributed by atoms with Crippen molar-refractivity contribution in [1.29, 1.82) is 0 Å². The van der Waals surface area contributed by atoms with E-state index in [1.165, 1.54) is 0 Å². The highest BCUT2D eigenvalue weighted by Crippen LogP contribution is 2.27. The molecule has 0 aromatic heterocycles. The Hall–Kier alpha value is -1.26. The Labute approximate surface area is 166 Å². The summed E-state index contributed by atoms with van der Waals surface area (Å²) in [5.74, 6) is 1.87. The number of rotatable bonds is 8. The molecule has 0 radical (unpaired) electrons. The highest BCUT2D eigenvalue weighted by molar-refractivity contribution is 14.0. The molecule has 8 heteroatoms. The molecule has 1 aliphatic heterocycles. The van der Waals surface area contributed by atoms with E-state index in [0.717, 1.165) is 51.4 Å². The van der Waals surface area contributed by atoms with Gasteiger partial charge in [0.15, 0.2) is 17.5 Å². The minimum Gasteiger partial charge on any atom is -0.493 e. The van der Waals surface area contributed by atoms with Crippen molar-refractivity contribution in [1.82, 2.24) is 10.2 Å². The van der Waals surface area contributed by atoms with Crippen LogP contribution >= 0.6 is 24.0 Å². The van der Waals surface area contributed by atoms with Crippen molar-refractivity contribution in [2.75, 3.05) is 53.6 Å². The first kappa shape index (κ1) is 21.8. The standard InChI is InChI=1S/C17H28N4O3.HI/c1-22-15-5-4-14(12-16(15)23-2)13-20-17(18)19-6-3-7-21-8-10-24-11-9-21;/h4-5,12H,3,6-11,13H2,1-2H3,(H3,18,19,20);1H. The Morgan fingerprint density at radius 2 is 1.96 bits per heavy atom. The van der Waals surface area contributed by atoms with E-state index in [2.05, 4.69) is 15.2 Å². The number of morpholine rings is 1. The fourth-order valence-electron chi connectivity index (χ4n) is 2.56. The van der Waals surface area contributed by atoms with Crippen LogP contribution in [-0.4, -0.2) is 64.5 Å². The normalized spacial score (nSPS) is 15.4. The van der Waals surface area contributed by atoms with Gasteiger partial charge in [-0.15, -0.1) is 24.0 Å². The number of aliphatic imine (C=N–C) groups is 1. The number of hydrogen-bond donors (Lipinski definition) is 2. The Morgan fingerprint density at radius 1 is 1.24 bits per heavy atom. The Kier molecular flexibility index (Phi) is 10.6. The molecule has 3 N–H and O–H groups in total. The summed E-state index contributed by atoms with van der Waals surface area (Å²) in [6.07, 6.45) is 1.03. The van der Waals surface area contributed by atoms with Crippen LogP contribution in [0.3, 0.4) is 0 Å². The van der Waals surface area contributed by atoms with E-state index in [4.69, 9.17) is 19.9 Å². The number of nitrogens with zero attached hydrogens (tertiary/aromatic N) is 2. The fourth-order valence-corrected chi connectivity index (χ4v) is 2.56. The Balaban J connectivity index is 0.00000312. The molecular weight excluding hydrogens is 435 g/mol. The first-order valence-electron chi connectivity index (χ1n) is 8.27. The van der Waals surface area contributed by atoms with Crippen LogP contribution in [0.2, 0.25) is 0 Å². The van der Waals surface area contributed by atoms with E-state index in [-0.39, 0.29) is 24.0 Å². The zero-order chi connectivity index (χ0) is 17.2. The summed E-state index contributed by atoms with van der Waals surface area (Å²) in [6, 6.07) is 5.74. The minimum atomic E-state index is 0. The summed E-state index contributed by atoms with van der Waals surface area (Å²) >= 11 is 0. The first-order chi connectivity index (χ1) is 11.7. The number of nitrogens with one attached hydrogen (secondary N) is 1. The second-order valence-electron chi connectivity index (χ2n) is 5.63. The molecule has 0 atom stereocenters. The van der Waals surface area contributed by atoms with E-state index in [0.29, 0.717) is 24.0 Å². The van der Waals surface area contributed by atoms with Crippen molar-refractivity contribution in [2.45, 2.75) is 13.0 Å². The maximum absolute atomic E-state index is 5.92. The molecule has 25 heavy (non-hydrogen) atoms. The van der Waals surface area contributed by atoms with Crippen molar-refractivity contribution < 1.29 is 14.2 Å². The fraction of sp³-hybridized carbons (Fsp3) is 0.588. The van der Waals surface area contributed by atoms with Crippen LogP contribution in [0.4, 0.5) is 0 Å². The van der Waals surface area contributed by atoms with E-state index in [1.807, 2.05) is 18.2 Å². The molecule has 1 aliphatic rings. The van der Waals surface area contributed by atoms with Crippen LogP contribution < -0.4 is 20.5 Å². The molecule has 0 bridgehead atoms. The SMILES string of the molecule is COc1ccc(CN=C(N)NCCCN2CCOCC2)cc1OC.I. The van der Waals surface area contributed by atoms with Gasteiger partial charge in [-0.3, -0.25) is 4.90 Å². The average Bonchev–Trinajstić information content (AvgIpc) is 2.64. The lowest BCUT2D eigenvalue weighted by Gasteiger charge is -2.26. The summed E-state index contributed by atoms with van der Waals surface area (Å²) in [5.41, 5.74) is 6.94. The number of hydrogen-bond acceptors (Lipinski definition) is 5. The number of nitrogens with two attached hydrogens (primary N) is 1. The molecule has 0 unspecified atom stereocenters. The molecule has 1 aromatic rings. The highest BCUT2D eigenvalue weighted by Gasteiger charge is 2.09. The maximum Gasteiger partial charge on any atom is 0.188 e. The molecule has 0 spiro atoms. The second-order valence-corrected chi connectivity index (χ2v) is 5.63. The van der Waals surface area contributed by atoms with Gasteiger partial charge in [-0.25, -0.2) is 4.99 Å². The van der Waals surface area contributed by atoms with Crippen LogP contribution in [-0.2, 0) is 11.3 Å². The Morgan fingerprint density at radius 3 is 2.64 bits per heavy atom. The van der Waals surface area contributed by atoms with E-state index < -0.39 is 0 Å². The van der Waals surface area contributed by atoms with Crippen molar-refractivity contribution in [3.63, 3.8) is 0 Å². The number of halogens is 1. The number of methoxy groups -OCH3 is 2. The van der Waals surface area contributed by atoms with Gasteiger partial charge in [0.2, 0.25) is 0 Å². The van der Waals surface area contributed by atoms with Gasteiger partial charge in [0.1, 0.15) is 0 Å². The average molecular weight is 464 g/mol. The summed E-state index contributed by atoms with van der Waals surface area (Å²) in [6.45, 7) is 6.08. The molecule has 7 nitrogen and oxygen atoms in total. The van der Waals surface area contributed by atoms with Gasteiger partial charge in [-0.1, -0.05) is 6.07 Å². The zero-order valence-corrected chi connectivity index (χ0v) is 17.3. The molecular formula is C17H29IN4O3. The summed E-state index contributed by atoms with van der Waals surface area (Å²) in [7, 11) is 3.24. The Bertz CT molecular complexity index is 537. The van der Waals surface area contributed by atoms with Gasteiger partial charge in [0.05, 0.1) is 34.0 Å². The third kappa shape index (κ3) is 7.66. The number of guanidine groups is 1. The van der Waals surface area contributed by atoms with Crippen molar-refractivity contribution >= 4 is 29.9 Å². The van der Waals surface area contributed by atoms with Crippen molar-refractivity contribution in [2.24, 2.45) is 10.7 Å². The maximum atomic E-state index is 5.92. The molecule has 1 heterocycles. The molecule has 0 saturated carbocycles. The number of ether oxygens (including phenoxy) is 3. The van der Waals surface area contributed by atoms with Crippen LogP contribution in [0, 0.1) is 0 Å². The first-order valence-corrected chi connectivity index (χ1v) is 8.27. The second kappa shape index (κ2) is 12.2. The van der Waals surface area contributed by atoms with E-state index >= 15 is 0 Å². The van der Waals surface area contributed by atoms with Crippen LogP contribution in [0.25, 0.3) is 0 Å². The third-order valence-electron chi connectivity index (χ3n) is 3.94. The van der Waals surface area contributed by atoms with Gasteiger partial charge in [-0.05, 0) is 30.7 Å². The molecule has 2 rings (SSSR count). The van der Waals surface area contributed by atoms with Gasteiger partial charge in [0, 0.05) is 19.6 Å². The molecule has 142 valence electrons. The third-order valence-corrected chi connectivity index (χ3v) is 3.94. The number of benzene rings is 1. The lowest BCUT2D eigenvalue weighted by atomic mass is 10.2. The quantitative estimate of drug-likeness (QED) is 0.263. The topological polar surface area (TPSA) is 81.3 Å². The predicted octanol–water partition coefficient (Wildman–Crippen LogP) is 1.45. The molecule has 0 amide bonds. The van der Waals surface area contributed by atoms with Crippen molar-refractivity contribution in [3.8, 4) is 11.5 Å². The lowest BCUT2D eigenvalue weighted by molar-refractivity contribution is 0.0376. The largest absolute Gasteiger partial charge is 0.493 e. The van der Waals surface area contributed by atoms with Crippen molar-refractivity contribution in [3.05, 3.63) is 23.8 Å². The smallest absolute Gasteiger partial charge is 0.188 e. The van der Waals surface area contributed by atoms with Gasteiger partial charge in [0.25, 0.3) is 0 Å². The minimum absolute atomic E-state index is 0. The van der Waals surface area contributed by atoms with Gasteiger partial charge >= 0.3 is 0 Å². The summed E-state index contributed by atoms with van der Waals surface area (Å²) in [5, 5.41) is 3.16. The predicted molar refractivity (Wildman–Crippen MR) is 110 cm³/mol. The lowest BCUT2D eigenvalue weighted by Crippen LogP contribution is -2.39. The molecule has 1 aromatic carbocycles. The zero-order valence-electron chi connectivity index (χ0n) is 15.0. The van der Waals surface area contributed by atoms with E-state index in [9.17, 15) is 0 Å². The highest BCUT2D eigenvalue weighted by atomic mass is 127. The van der Waals surface area contributed by atoms with Crippen LogP contribution in [0.15, 0.2) is 23.2 Å². The van der Waals surface area contributed by atoms with Gasteiger partial charge < -0.3 is 25.3 Å². The molecule has 0 aliphatic carbocycles. The molecule has 1 fully saturated rings. The van der Waals surface area contributed by atoms with Gasteiger partial charge in [-0.2, -0.15) is 0 Å². The van der Waals surface area contributed by atoms with E-state index in [1.54, 1.807) is 14.2 Å². The van der Waals surface area contributed by atoms with Crippen LogP contribution in [0.1, 0.15) is 12.0 Å².